The van der Waals surface area contributed by atoms with Crippen LogP contribution in [0.25, 0.3) is 11.1 Å². The Balaban J connectivity index is 1.50. The monoisotopic (exact) mass is 337 g/mol. The average Bonchev–Trinajstić information content (AvgIpc) is 2.66. The highest BCUT2D eigenvalue weighted by Gasteiger charge is 2.07. The van der Waals surface area contributed by atoms with E-state index in [1.807, 2.05) is 42.5 Å². The Morgan fingerprint density at radius 2 is 1.84 bits per heavy atom. The molecule has 0 bridgehead atoms. The molecule has 0 saturated heterocycles. The number of halogens is 1. The van der Waals surface area contributed by atoms with Crippen molar-refractivity contribution in [3.63, 3.8) is 0 Å². The van der Waals surface area contributed by atoms with Crippen LogP contribution in [0.1, 0.15) is 12.0 Å². The topological polar surface area (TPSA) is 42.4 Å². The summed E-state index contributed by atoms with van der Waals surface area (Å²) in [5.41, 5.74) is 2.84. The first-order valence-electron chi connectivity index (χ1n) is 8.26. The lowest BCUT2D eigenvalue weighted by Crippen LogP contribution is -2.18. The maximum absolute atomic E-state index is 13.3. The predicted octanol–water partition coefficient (Wildman–Crippen LogP) is 4.26. The van der Waals surface area contributed by atoms with Gasteiger partial charge in [-0.1, -0.05) is 30.3 Å². The fourth-order valence-electron chi connectivity index (χ4n) is 2.57. The molecule has 0 fully saturated rings. The van der Waals surface area contributed by atoms with Gasteiger partial charge in [0.05, 0.1) is 6.10 Å². The third kappa shape index (κ3) is 5.13. The Bertz CT molecular complexity index is 791. The van der Waals surface area contributed by atoms with Crippen LogP contribution >= 0.6 is 0 Å². The lowest BCUT2D eigenvalue weighted by atomic mass is 10.1. The normalized spacial score (nSPS) is 11.9. The standard InChI is InChI=1S/C21H20FNO2/c22-19-5-1-4-18(13-19)17-7-10-21(11-8-17)25-15-20(24)9-6-16-3-2-12-23-14-16/h1-5,7-8,10-14,20,24H,6,9,15H2/t20-/m1/s1. The highest BCUT2D eigenvalue weighted by atomic mass is 19.1. The Morgan fingerprint density at radius 3 is 2.56 bits per heavy atom. The number of pyridine rings is 1. The number of rotatable bonds is 7. The third-order valence-electron chi connectivity index (χ3n) is 3.94. The van der Waals surface area contributed by atoms with Gasteiger partial charge in [-0.2, -0.15) is 0 Å². The van der Waals surface area contributed by atoms with E-state index in [4.69, 9.17) is 4.74 Å². The van der Waals surface area contributed by atoms with Crippen LogP contribution in [0.3, 0.4) is 0 Å². The molecule has 0 unspecified atom stereocenters. The van der Waals surface area contributed by atoms with Crippen molar-refractivity contribution in [3.8, 4) is 16.9 Å². The predicted molar refractivity (Wildman–Crippen MR) is 95.9 cm³/mol. The van der Waals surface area contributed by atoms with Crippen molar-refractivity contribution in [1.82, 2.24) is 4.98 Å². The molecule has 1 heterocycles. The number of ether oxygens (including phenoxy) is 1. The minimum Gasteiger partial charge on any atom is -0.491 e. The number of aromatic nitrogens is 1. The van der Waals surface area contributed by atoms with Gasteiger partial charge in [0, 0.05) is 12.4 Å². The van der Waals surface area contributed by atoms with E-state index in [0.29, 0.717) is 12.2 Å². The summed E-state index contributed by atoms with van der Waals surface area (Å²) in [6, 6.07) is 17.8. The fraction of sp³-hybridized carbons (Fsp3) is 0.190. The molecular formula is C21H20FNO2. The largest absolute Gasteiger partial charge is 0.491 e. The van der Waals surface area contributed by atoms with E-state index < -0.39 is 6.10 Å². The Morgan fingerprint density at radius 1 is 1.00 bits per heavy atom. The van der Waals surface area contributed by atoms with Crippen LogP contribution in [0.5, 0.6) is 5.75 Å². The van der Waals surface area contributed by atoms with Gasteiger partial charge in [0.15, 0.2) is 0 Å². The summed E-state index contributed by atoms with van der Waals surface area (Å²) < 4.78 is 18.9. The van der Waals surface area contributed by atoms with E-state index in [-0.39, 0.29) is 12.4 Å². The summed E-state index contributed by atoms with van der Waals surface area (Å²) in [7, 11) is 0. The van der Waals surface area contributed by atoms with E-state index in [2.05, 4.69) is 4.98 Å². The van der Waals surface area contributed by atoms with Gasteiger partial charge in [-0.3, -0.25) is 4.98 Å². The molecule has 2 aromatic carbocycles. The molecular weight excluding hydrogens is 317 g/mol. The zero-order valence-electron chi connectivity index (χ0n) is 13.8. The Labute approximate surface area is 146 Å². The first-order valence-corrected chi connectivity index (χ1v) is 8.26. The van der Waals surface area contributed by atoms with Crippen LogP contribution in [-0.2, 0) is 6.42 Å². The molecule has 0 radical (unpaired) electrons. The highest BCUT2D eigenvalue weighted by Crippen LogP contribution is 2.23. The highest BCUT2D eigenvalue weighted by molar-refractivity contribution is 5.64. The molecule has 3 rings (SSSR count). The smallest absolute Gasteiger partial charge is 0.123 e. The minimum atomic E-state index is -0.539. The SMILES string of the molecule is O[C@H](CCc1cccnc1)COc1ccc(-c2cccc(F)c2)cc1. The molecule has 1 N–H and O–H groups in total. The van der Waals surface area contributed by atoms with Crippen LogP contribution in [0, 0.1) is 5.82 Å². The third-order valence-corrected chi connectivity index (χ3v) is 3.94. The molecule has 0 saturated carbocycles. The fourth-order valence-corrected chi connectivity index (χ4v) is 2.57. The molecule has 1 aromatic heterocycles. The number of aliphatic hydroxyl groups is 1. The molecule has 3 nitrogen and oxygen atoms in total. The Kier molecular flexibility index (Phi) is 5.75. The number of aliphatic hydroxyl groups excluding tert-OH is 1. The second kappa shape index (κ2) is 8.40. The van der Waals surface area contributed by atoms with Gasteiger partial charge in [-0.15, -0.1) is 0 Å². The molecule has 128 valence electrons. The zero-order valence-corrected chi connectivity index (χ0v) is 13.8. The van der Waals surface area contributed by atoms with Crippen LogP contribution in [0.4, 0.5) is 4.39 Å². The maximum atomic E-state index is 13.3. The lowest BCUT2D eigenvalue weighted by Gasteiger charge is -2.12. The van der Waals surface area contributed by atoms with E-state index in [0.717, 1.165) is 23.1 Å². The molecule has 3 aromatic rings. The summed E-state index contributed by atoms with van der Waals surface area (Å²) in [4.78, 5) is 4.06. The summed E-state index contributed by atoms with van der Waals surface area (Å²) >= 11 is 0. The number of hydrogen-bond acceptors (Lipinski definition) is 3. The molecule has 1 atom stereocenters. The minimum absolute atomic E-state index is 0.236. The lowest BCUT2D eigenvalue weighted by molar-refractivity contribution is 0.100. The van der Waals surface area contributed by atoms with Crippen molar-refractivity contribution < 1.29 is 14.2 Å². The second-order valence-electron chi connectivity index (χ2n) is 5.90. The molecule has 0 spiro atoms. The van der Waals surface area contributed by atoms with E-state index in [9.17, 15) is 9.50 Å². The number of aryl methyl sites for hydroxylation is 1. The van der Waals surface area contributed by atoms with Gasteiger partial charge in [-0.25, -0.2) is 4.39 Å². The van der Waals surface area contributed by atoms with Crippen molar-refractivity contribution in [2.24, 2.45) is 0 Å². The molecule has 0 aliphatic heterocycles. The molecule has 0 amide bonds. The summed E-state index contributed by atoms with van der Waals surface area (Å²) in [6.07, 6.45) is 4.38. The van der Waals surface area contributed by atoms with Crippen molar-refractivity contribution in [1.29, 1.82) is 0 Å². The van der Waals surface area contributed by atoms with Crippen molar-refractivity contribution in [2.75, 3.05) is 6.61 Å². The molecule has 25 heavy (non-hydrogen) atoms. The second-order valence-corrected chi connectivity index (χ2v) is 5.90. The van der Waals surface area contributed by atoms with Gasteiger partial charge < -0.3 is 9.84 Å². The maximum Gasteiger partial charge on any atom is 0.123 e. The molecule has 0 aliphatic carbocycles. The van der Waals surface area contributed by atoms with E-state index >= 15 is 0 Å². The van der Waals surface area contributed by atoms with Crippen molar-refractivity contribution in [2.45, 2.75) is 18.9 Å². The van der Waals surface area contributed by atoms with Crippen LogP contribution in [0.15, 0.2) is 73.1 Å². The van der Waals surface area contributed by atoms with Gasteiger partial charge in [0.25, 0.3) is 0 Å². The quantitative estimate of drug-likeness (QED) is 0.700. The average molecular weight is 337 g/mol. The van der Waals surface area contributed by atoms with Gasteiger partial charge in [0.1, 0.15) is 18.2 Å². The van der Waals surface area contributed by atoms with Crippen molar-refractivity contribution >= 4 is 0 Å². The molecule has 4 heteroatoms. The molecule has 0 aliphatic rings. The summed E-state index contributed by atoms with van der Waals surface area (Å²) in [5.74, 6) is 0.426. The van der Waals surface area contributed by atoms with Crippen LogP contribution in [0.2, 0.25) is 0 Å². The number of nitrogens with zero attached hydrogens (tertiary/aromatic N) is 1. The first-order chi connectivity index (χ1) is 12.2. The van der Waals surface area contributed by atoms with Crippen LogP contribution in [-0.4, -0.2) is 22.8 Å². The van der Waals surface area contributed by atoms with Gasteiger partial charge in [0.2, 0.25) is 0 Å². The zero-order chi connectivity index (χ0) is 17.5. The number of benzene rings is 2. The summed E-state index contributed by atoms with van der Waals surface area (Å²) in [5, 5.41) is 10.0. The Hall–Kier alpha value is -2.72. The number of hydrogen-bond donors (Lipinski definition) is 1. The van der Waals surface area contributed by atoms with Gasteiger partial charge in [-0.05, 0) is 59.9 Å². The summed E-state index contributed by atoms with van der Waals surface area (Å²) in [6.45, 7) is 0.236. The van der Waals surface area contributed by atoms with E-state index in [1.54, 1.807) is 18.5 Å². The first kappa shape index (κ1) is 17.1. The van der Waals surface area contributed by atoms with Crippen LogP contribution < -0.4 is 4.74 Å². The van der Waals surface area contributed by atoms with Gasteiger partial charge >= 0.3 is 0 Å². The van der Waals surface area contributed by atoms with Crippen molar-refractivity contribution in [3.05, 3.63) is 84.4 Å². The van der Waals surface area contributed by atoms with E-state index in [1.165, 1.54) is 12.1 Å².